The van der Waals surface area contributed by atoms with E-state index in [1.54, 1.807) is 23.5 Å². The zero-order valence-electron chi connectivity index (χ0n) is 15.7. The Labute approximate surface area is 171 Å². The molecule has 5 rings (SSSR count). The number of nitrogens with zero attached hydrogens (tertiary/aromatic N) is 2. The number of thiophene rings is 1. The summed E-state index contributed by atoms with van der Waals surface area (Å²) in [5, 5.41) is 1.99. The minimum atomic E-state index is -0.257. The number of oxazole rings is 1. The van der Waals surface area contributed by atoms with Crippen LogP contribution in [0, 0.1) is 5.82 Å². The quantitative estimate of drug-likeness (QED) is 0.443. The van der Waals surface area contributed by atoms with Crippen molar-refractivity contribution >= 4 is 28.3 Å². The lowest BCUT2D eigenvalue weighted by molar-refractivity contribution is -0.131. The highest BCUT2D eigenvalue weighted by atomic mass is 32.1. The molecule has 146 valence electrons. The van der Waals surface area contributed by atoms with Gasteiger partial charge in [0.15, 0.2) is 5.58 Å². The molecule has 1 amide bonds. The summed E-state index contributed by atoms with van der Waals surface area (Å²) < 4.78 is 19.2. The van der Waals surface area contributed by atoms with Crippen molar-refractivity contribution in [3.05, 3.63) is 76.6 Å². The van der Waals surface area contributed by atoms with Crippen LogP contribution in [0.3, 0.4) is 0 Å². The molecule has 2 aromatic carbocycles. The molecule has 1 atom stereocenters. The topological polar surface area (TPSA) is 46.3 Å². The highest BCUT2D eigenvalue weighted by Gasteiger charge is 2.33. The van der Waals surface area contributed by atoms with E-state index < -0.39 is 0 Å². The summed E-state index contributed by atoms with van der Waals surface area (Å²) in [5.41, 5.74) is 3.32. The molecule has 4 nitrogen and oxygen atoms in total. The van der Waals surface area contributed by atoms with E-state index >= 15 is 0 Å². The Morgan fingerprint density at radius 2 is 2.00 bits per heavy atom. The summed E-state index contributed by atoms with van der Waals surface area (Å²) in [6.45, 7) is 0.731. The van der Waals surface area contributed by atoms with Crippen molar-refractivity contribution in [2.24, 2.45) is 0 Å². The van der Waals surface area contributed by atoms with Crippen LogP contribution >= 0.6 is 11.3 Å². The van der Waals surface area contributed by atoms with E-state index in [0.717, 1.165) is 40.9 Å². The van der Waals surface area contributed by atoms with Crippen molar-refractivity contribution in [1.29, 1.82) is 0 Å². The number of fused-ring (bicyclic) bond motifs is 1. The summed E-state index contributed by atoms with van der Waals surface area (Å²) in [4.78, 5) is 20.5. The Morgan fingerprint density at radius 1 is 1.17 bits per heavy atom. The van der Waals surface area contributed by atoms with Crippen LogP contribution in [0.15, 0.2) is 64.4 Å². The Kier molecular flexibility index (Phi) is 4.64. The lowest BCUT2D eigenvalue weighted by atomic mass is 10.1. The number of likely N-dealkylation sites (tertiary alicyclic amines) is 1. The smallest absolute Gasteiger partial charge is 0.228 e. The maximum absolute atomic E-state index is 13.2. The van der Waals surface area contributed by atoms with Crippen LogP contribution in [-0.4, -0.2) is 22.3 Å². The number of hydrogen-bond acceptors (Lipinski definition) is 4. The van der Waals surface area contributed by atoms with Crippen LogP contribution in [0.5, 0.6) is 0 Å². The van der Waals surface area contributed by atoms with Crippen molar-refractivity contribution in [1.82, 2.24) is 9.88 Å². The highest BCUT2D eigenvalue weighted by molar-refractivity contribution is 7.10. The predicted octanol–water partition coefficient (Wildman–Crippen LogP) is 5.60. The van der Waals surface area contributed by atoms with E-state index in [9.17, 15) is 9.18 Å². The van der Waals surface area contributed by atoms with Gasteiger partial charge in [-0.1, -0.05) is 24.3 Å². The average Bonchev–Trinajstić information content (AvgIpc) is 3.47. The first-order chi connectivity index (χ1) is 14.2. The van der Waals surface area contributed by atoms with Gasteiger partial charge in [0.25, 0.3) is 0 Å². The van der Waals surface area contributed by atoms with Crippen molar-refractivity contribution in [2.45, 2.75) is 25.3 Å². The second kappa shape index (κ2) is 7.44. The van der Waals surface area contributed by atoms with E-state index in [1.165, 1.54) is 12.1 Å². The Morgan fingerprint density at radius 3 is 2.79 bits per heavy atom. The standard InChI is InChI=1S/C23H19FN2O2S/c24-17-8-5-15(6-9-17)16-7-10-21-19(13-16)25-23(28-21)20-4-1-11-26(20)22(27)14-18-3-2-12-29-18/h2-3,5-10,12-13,20H,1,4,11,14H2/t20-/m0/s1. The van der Waals surface area contributed by atoms with Gasteiger partial charge in [-0.15, -0.1) is 11.3 Å². The largest absolute Gasteiger partial charge is 0.438 e. The average molecular weight is 406 g/mol. The molecule has 0 radical (unpaired) electrons. The molecule has 0 aliphatic carbocycles. The lowest BCUT2D eigenvalue weighted by Crippen LogP contribution is -2.31. The molecular formula is C23H19FN2O2S. The molecule has 0 saturated carbocycles. The van der Waals surface area contributed by atoms with Crippen molar-refractivity contribution < 1.29 is 13.6 Å². The molecule has 3 heterocycles. The fraction of sp³-hybridized carbons (Fsp3) is 0.217. The number of rotatable bonds is 4. The van der Waals surface area contributed by atoms with Gasteiger partial charge < -0.3 is 9.32 Å². The summed E-state index contributed by atoms with van der Waals surface area (Å²) in [6, 6.07) is 16.0. The molecule has 0 spiro atoms. The Bertz CT molecular complexity index is 1150. The molecule has 1 aliphatic rings. The van der Waals surface area contributed by atoms with Crippen LogP contribution in [0.2, 0.25) is 0 Å². The zero-order valence-corrected chi connectivity index (χ0v) is 16.5. The molecule has 2 aromatic heterocycles. The number of halogens is 1. The first-order valence-corrected chi connectivity index (χ1v) is 10.5. The third-order valence-electron chi connectivity index (χ3n) is 5.35. The fourth-order valence-electron chi connectivity index (χ4n) is 3.90. The number of hydrogen-bond donors (Lipinski definition) is 0. The van der Waals surface area contributed by atoms with Gasteiger partial charge in [0, 0.05) is 11.4 Å². The van der Waals surface area contributed by atoms with E-state index in [2.05, 4.69) is 0 Å². The van der Waals surface area contributed by atoms with Crippen molar-refractivity contribution in [3.8, 4) is 11.1 Å². The lowest BCUT2D eigenvalue weighted by Gasteiger charge is -2.22. The molecule has 1 fully saturated rings. The molecule has 1 aliphatic heterocycles. The van der Waals surface area contributed by atoms with Gasteiger partial charge >= 0.3 is 0 Å². The number of amides is 1. The van der Waals surface area contributed by atoms with Crippen LogP contribution in [0.1, 0.15) is 29.7 Å². The van der Waals surface area contributed by atoms with Gasteiger partial charge in [0.2, 0.25) is 11.8 Å². The number of carbonyl (C=O) groups is 1. The Balaban J connectivity index is 1.42. The summed E-state index contributed by atoms with van der Waals surface area (Å²) in [7, 11) is 0. The van der Waals surface area contributed by atoms with Gasteiger partial charge in [-0.3, -0.25) is 4.79 Å². The molecule has 6 heteroatoms. The van der Waals surface area contributed by atoms with E-state index in [4.69, 9.17) is 9.40 Å². The van der Waals surface area contributed by atoms with Crippen LogP contribution in [0.25, 0.3) is 22.2 Å². The third kappa shape index (κ3) is 3.56. The van der Waals surface area contributed by atoms with Crippen LogP contribution < -0.4 is 0 Å². The Hall–Kier alpha value is -2.99. The predicted molar refractivity (Wildman–Crippen MR) is 111 cm³/mol. The van der Waals surface area contributed by atoms with E-state index in [1.807, 2.05) is 40.6 Å². The second-order valence-corrected chi connectivity index (χ2v) is 8.28. The number of aromatic nitrogens is 1. The van der Waals surface area contributed by atoms with Gasteiger partial charge in [-0.2, -0.15) is 0 Å². The second-order valence-electron chi connectivity index (χ2n) is 7.24. The number of benzene rings is 2. The first-order valence-electron chi connectivity index (χ1n) is 9.66. The SMILES string of the molecule is O=C(Cc1cccs1)N1CCC[C@H]1c1nc2cc(-c3ccc(F)cc3)ccc2o1. The summed E-state index contributed by atoms with van der Waals surface area (Å²) in [5.74, 6) is 0.449. The molecule has 29 heavy (non-hydrogen) atoms. The monoisotopic (exact) mass is 406 g/mol. The van der Waals surface area contributed by atoms with E-state index in [0.29, 0.717) is 17.9 Å². The van der Waals surface area contributed by atoms with Crippen LogP contribution in [0.4, 0.5) is 4.39 Å². The van der Waals surface area contributed by atoms with Gasteiger partial charge in [-0.05, 0) is 59.7 Å². The minimum Gasteiger partial charge on any atom is -0.438 e. The number of carbonyl (C=O) groups excluding carboxylic acids is 1. The van der Waals surface area contributed by atoms with Crippen molar-refractivity contribution in [2.75, 3.05) is 6.54 Å². The molecule has 0 bridgehead atoms. The molecular weight excluding hydrogens is 387 g/mol. The first kappa shape index (κ1) is 18.1. The van der Waals surface area contributed by atoms with Gasteiger partial charge in [-0.25, -0.2) is 9.37 Å². The van der Waals surface area contributed by atoms with E-state index in [-0.39, 0.29) is 17.8 Å². The maximum atomic E-state index is 13.2. The van der Waals surface area contributed by atoms with Gasteiger partial charge in [0.1, 0.15) is 17.4 Å². The van der Waals surface area contributed by atoms with Crippen molar-refractivity contribution in [3.63, 3.8) is 0 Å². The van der Waals surface area contributed by atoms with Crippen LogP contribution in [-0.2, 0) is 11.2 Å². The molecule has 1 saturated heterocycles. The zero-order chi connectivity index (χ0) is 19.8. The summed E-state index contributed by atoms with van der Waals surface area (Å²) in [6.07, 6.45) is 2.22. The maximum Gasteiger partial charge on any atom is 0.228 e. The highest BCUT2D eigenvalue weighted by Crippen LogP contribution is 2.35. The fourth-order valence-corrected chi connectivity index (χ4v) is 4.59. The molecule has 0 unspecified atom stereocenters. The normalized spacial score (nSPS) is 16.6. The molecule has 0 N–H and O–H groups in total. The third-order valence-corrected chi connectivity index (χ3v) is 6.22. The van der Waals surface area contributed by atoms with Gasteiger partial charge in [0.05, 0.1) is 6.42 Å². The molecule has 4 aromatic rings. The minimum absolute atomic E-state index is 0.115. The summed E-state index contributed by atoms with van der Waals surface area (Å²) >= 11 is 1.60.